The van der Waals surface area contributed by atoms with E-state index in [4.69, 9.17) is 16.3 Å². The Morgan fingerprint density at radius 2 is 1.44 bits per heavy atom. The number of hydrogen-bond acceptors (Lipinski definition) is 4. The molecule has 0 radical (unpaired) electrons. The van der Waals surface area contributed by atoms with E-state index < -0.39 is 0 Å². The molecule has 4 nitrogen and oxygen atoms in total. The summed E-state index contributed by atoms with van der Waals surface area (Å²) in [6.07, 6.45) is -0.0438. The SMILES string of the molecule is CC(C)Oc1nc(Cl)nc(-c2ccc3ccc4cccc5ccc2c3c45)n1. The summed E-state index contributed by atoms with van der Waals surface area (Å²) in [7, 11) is 0. The highest BCUT2D eigenvalue weighted by molar-refractivity contribution is 6.28. The van der Waals surface area contributed by atoms with Crippen LogP contribution in [-0.2, 0) is 0 Å². The van der Waals surface area contributed by atoms with Crippen molar-refractivity contribution in [2.75, 3.05) is 0 Å². The van der Waals surface area contributed by atoms with E-state index >= 15 is 0 Å². The van der Waals surface area contributed by atoms with Crippen LogP contribution in [0.15, 0.2) is 54.6 Å². The van der Waals surface area contributed by atoms with Crippen LogP contribution in [0, 0.1) is 0 Å². The average molecular weight is 374 g/mol. The molecule has 1 heterocycles. The molecule has 5 heteroatoms. The molecule has 0 saturated carbocycles. The molecule has 0 N–H and O–H groups in total. The minimum absolute atomic E-state index is 0.0438. The topological polar surface area (TPSA) is 47.9 Å². The van der Waals surface area contributed by atoms with Gasteiger partial charge in [-0.2, -0.15) is 15.0 Å². The van der Waals surface area contributed by atoms with Gasteiger partial charge in [-0.3, -0.25) is 0 Å². The van der Waals surface area contributed by atoms with Crippen molar-refractivity contribution in [2.24, 2.45) is 0 Å². The first-order valence-corrected chi connectivity index (χ1v) is 9.23. The highest BCUT2D eigenvalue weighted by Gasteiger charge is 2.15. The summed E-state index contributed by atoms with van der Waals surface area (Å²) in [5.41, 5.74) is 0.915. The van der Waals surface area contributed by atoms with Crippen molar-refractivity contribution in [1.82, 2.24) is 15.0 Å². The van der Waals surface area contributed by atoms with Crippen molar-refractivity contribution >= 4 is 43.9 Å². The minimum Gasteiger partial charge on any atom is -0.461 e. The number of ether oxygens (including phenoxy) is 1. The van der Waals surface area contributed by atoms with E-state index in [0.29, 0.717) is 5.82 Å². The van der Waals surface area contributed by atoms with E-state index in [-0.39, 0.29) is 17.4 Å². The third-order valence-electron chi connectivity index (χ3n) is 4.70. The van der Waals surface area contributed by atoms with Crippen LogP contribution < -0.4 is 4.74 Å². The molecular weight excluding hydrogens is 358 g/mol. The molecule has 27 heavy (non-hydrogen) atoms. The van der Waals surface area contributed by atoms with E-state index in [1.807, 2.05) is 19.9 Å². The van der Waals surface area contributed by atoms with E-state index in [1.165, 1.54) is 26.9 Å². The van der Waals surface area contributed by atoms with E-state index in [0.717, 1.165) is 10.9 Å². The van der Waals surface area contributed by atoms with Crippen LogP contribution in [0.25, 0.3) is 43.7 Å². The fraction of sp³-hybridized carbons (Fsp3) is 0.136. The Hall–Kier alpha value is -2.98. The molecule has 4 aromatic carbocycles. The molecule has 0 atom stereocenters. The van der Waals surface area contributed by atoms with E-state index in [9.17, 15) is 0 Å². The predicted molar refractivity (Wildman–Crippen MR) is 110 cm³/mol. The maximum Gasteiger partial charge on any atom is 0.321 e. The minimum atomic E-state index is -0.0438. The van der Waals surface area contributed by atoms with Gasteiger partial charge < -0.3 is 4.74 Å². The molecule has 0 aliphatic rings. The number of rotatable bonds is 3. The Morgan fingerprint density at radius 3 is 2.19 bits per heavy atom. The fourth-order valence-corrected chi connectivity index (χ4v) is 3.80. The Labute approximate surface area is 161 Å². The van der Waals surface area contributed by atoms with Crippen molar-refractivity contribution in [3.8, 4) is 17.4 Å². The van der Waals surface area contributed by atoms with Gasteiger partial charge in [0.2, 0.25) is 5.28 Å². The fourth-order valence-electron chi connectivity index (χ4n) is 3.65. The molecule has 0 spiro atoms. The van der Waals surface area contributed by atoms with Gasteiger partial charge in [-0.15, -0.1) is 0 Å². The Kier molecular flexibility index (Phi) is 3.62. The monoisotopic (exact) mass is 373 g/mol. The third-order valence-corrected chi connectivity index (χ3v) is 4.87. The highest BCUT2D eigenvalue weighted by atomic mass is 35.5. The number of benzene rings is 4. The van der Waals surface area contributed by atoms with Crippen molar-refractivity contribution in [3.63, 3.8) is 0 Å². The van der Waals surface area contributed by atoms with Crippen molar-refractivity contribution in [1.29, 1.82) is 0 Å². The quantitative estimate of drug-likeness (QED) is 0.371. The maximum atomic E-state index is 6.14. The third kappa shape index (κ3) is 2.64. The lowest BCUT2D eigenvalue weighted by atomic mass is 9.92. The van der Waals surface area contributed by atoms with Crippen LogP contribution in [0.1, 0.15) is 13.8 Å². The zero-order valence-corrected chi connectivity index (χ0v) is 15.7. The van der Waals surface area contributed by atoms with Gasteiger partial charge in [-0.25, -0.2) is 0 Å². The predicted octanol–water partition coefficient (Wildman–Crippen LogP) is 5.88. The van der Waals surface area contributed by atoms with E-state index in [1.54, 1.807) is 0 Å². The normalized spacial score (nSPS) is 11.9. The molecule has 0 aliphatic heterocycles. The van der Waals surface area contributed by atoms with Crippen LogP contribution in [-0.4, -0.2) is 21.1 Å². The number of nitrogens with zero attached hydrogens (tertiary/aromatic N) is 3. The first-order chi connectivity index (χ1) is 13.1. The number of hydrogen-bond donors (Lipinski definition) is 0. The maximum absolute atomic E-state index is 6.14. The summed E-state index contributed by atoms with van der Waals surface area (Å²) in [4.78, 5) is 12.9. The lowest BCUT2D eigenvalue weighted by molar-refractivity contribution is 0.222. The summed E-state index contributed by atoms with van der Waals surface area (Å²) in [5.74, 6) is 0.517. The second kappa shape index (κ2) is 6.03. The van der Waals surface area contributed by atoms with Crippen molar-refractivity contribution < 1.29 is 4.74 Å². The molecular formula is C22H16ClN3O. The zero-order valence-electron chi connectivity index (χ0n) is 14.9. The van der Waals surface area contributed by atoms with Crippen LogP contribution in [0.3, 0.4) is 0 Å². The van der Waals surface area contributed by atoms with E-state index in [2.05, 4.69) is 63.5 Å². The average Bonchev–Trinajstić information content (AvgIpc) is 2.65. The standard InChI is InChI=1S/C22H16ClN3O/c1-12(2)27-22-25-20(24-21(23)26-22)17-11-9-15-7-6-13-4-3-5-14-8-10-16(17)19(15)18(13)14/h3-12H,1-2H3. The first-order valence-electron chi connectivity index (χ1n) is 8.85. The molecule has 0 aliphatic carbocycles. The molecule has 0 amide bonds. The van der Waals surface area contributed by atoms with Gasteiger partial charge in [0.15, 0.2) is 5.82 Å². The Balaban J connectivity index is 1.83. The summed E-state index contributed by atoms with van der Waals surface area (Å²) in [5, 5.41) is 7.33. The van der Waals surface area contributed by atoms with Crippen LogP contribution in [0.5, 0.6) is 6.01 Å². The molecule has 5 aromatic rings. The molecule has 5 rings (SSSR count). The van der Waals surface area contributed by atoms with Gasteiger partial charge in [-0.05, 0) is 63.8 Å². The van der Waals surface area contributed by atoms with Gasteiger partial charge in [0.05, 0.1) is 6.10 Å². The van der Waals surface area contributed by atoms with Crippen molar-refractivity contribution in [3.05, 3.63) is 59.9 Å². The Bertz CT molecular complexity index is 1280. The smallest absolute Gasteiger partial charge is 0.321 e. The van der Waals surface area contributed by atoms with Crippen LogP contribution >= 0.6 is 11.6 Å². The summed E-state index contributed by atoms with van der Waals surface area (Å²) in [6.45, 7) is 3.85. The van der Waals surface area contributed by atoms with Crippen LogP contribution in [0.4, 0.5) is 0 Å². The number of halogens is 1. The number of aromatic nitrogens is 3. The lowest BCUT2D eigenvalue weighted by Crippen LogP contribution is -2.09. The lowest BCUT2D eigenvalue weighted by Gasteiger charge is -2.14. The van der Waals surface area contributed by atoms with Gasteiger partial charge in [0, 0.05) is 5.56 Å². The van der Waals surface area contributed by atoms with Crippen LogP contribution in [0.2, 0.25) is 5.28 Å². The molecule has 1 aromatic heterocycles. The van der Waals surface area contributed by atoms with Gasteiger partial charge in [0.25, 0.3) is 0 Å². The summed E-state index contributed by atoms with van der Waals surface area (Å²) in [6, 6.07) is 19.3. The molecule has 0 fully saturated rings. The Morgan fingerprint density at radius 1 is 0.778 bits per heavy atom. The molecule has 132 valence electrons. The highest BCUT2D eigenvalue weighted by Crippen LogP contribution is 2.38. The zero-order chi connectivity index (χ0) is 18.5. The van der Waals surface area contributed by atoms with Gasteiger partial charge >= 0.3 is 6.01 Å². The molecule has 0 saturated heterocycles. The molecule has 0 unspecified atom stereocenters. The largest absolute Gasteiger partial charge is 0.461 e. The second-order valence-corrected chi connectivity index (χ2v) is 7.18. The van der Waals surface area contributed by atoms with Crippen molar-refractivity contribution in [2.45, 2.75) is 20.0 Å². The first kappa shape index (κ1) is 16.2. The molecule has 0 bridgehead atoms. The summed E-state index contributed by atoms with van der Waals surface area (Å²) < 4.78 is 5.64. The summed E-state index contributed by atoms with van der Waals surface area (Å²) >= 11 is 6.14. The van der Waals surface area contributed by atoms with Gasteiger partial charge in [-0.1, -0.05) is 48.5 Å². The van der Waals surface area contributed by atoms with Gasteiger partial charge in [0.1, 0.15) is 0 Å². The second-order valence-electron chi connectivity index (χ2n) is 6.85.